The predicted molar refractivity (Wildman–Crippen MR) is 96.8 cm³/mol. The van der Waals surface area contributed by atoms with Gasteiger partial charge in [-0.1, -0.05) is 6.07 Å². The van der Waals surface area contributed by atoms with E-state index in [1.165, 1.54) is 0 Å². The molecule has 0 atom stereocenters. The fourth-order valence-corrected chi connectivity index (χ4v) is 3.00. The third-order valence-electron chi connectivity index (χ3n) is 3.41. The first-order chi connectivity index (χ1) is 11.5. The highest BCUT2D eigenvalue weighted by Gasteiger charge is 2.13. The van der Waals surface area contributed by atoms with Crippen molar-refractivity contribution in [2.24, 2.45) is 0 Å². The fraction of sp³-hybridized carbons (Fsp3) is 0.222. The van der Waals surface area contributed by atoms with E-state index >= 15 is 0 Å². The van der Waals surface area contributed by atoms with Gasteiger partial charge in [-0.2, -0.15) is 5.10 Å². The molecule has 0 aliphatic rings. The van der Waals surface area contributed by atoms with E-state index in [1.54, 1.807) is 17.4 Å². The number of hydrogen-bond acceptors (Lipinski definition) is 4. The van der Waals surface area contributed by atoms with Gasteiger partial charge in [0.05, 0.1) is 16.7 Å². The highest BCUT2D eigenvalue weighted by molar-refractivity contribution is 7.13. The molecule has 24 heavy (non-hydrogen) atoms. The maximum Gasteiger partial charge on any atom is 0.276 e. The average molecular weight is 341 g/mol. The van der Waals surface area contributed by atoms with Crippen LogP contribution in [0.25, 0.3) is 10.6 Å². The van der Waals surface area contributed by atoms with Gasteiger partial charge in [-0.15, -0.1) is 11.3 Å². The lowest BCUT2D eigenvalue weighted by Gasteiger charge is -2.12. The number of ether oxygens (including phenoxy) is 1. The second-order valence-electron chi connectivity index (χ2n) is 5.74. The normalized spacial score (nSPS) is 10.8. The molecule has 0 unspecified atom stereocenters. The maximum absolute atomic E-state index is 12.4. The summed E-state index contributed by atoms with van der Waals surface area (Å²) >= 11 is 1.60. The minimum atomic E-state index is -0.241. The Balaban J connectivity index is 1.73. The number of amides is 1. The second kappa shape index (κ2) is 6.88. The number of aromatic amines is 1. The Bertz CT molecular complexity index is 838. The SMILES string of the molecule is Cc1cc(OC(C)C)ccc1NC(=O)c1cc(-c2cccs2)[nH]n1. The number of carbonyl (C=O) groups is 1. The van der Waals surface area contributed by atoms with Gasteiger partial charge in [0.15, 0.2) is 5.69 Å². The Morgan fingerprint density at radius 3 is 2.79 bits per heavy atom. The Hall–Kier alpha value is -2.60. The Morgan fingerprint density at radius 2 is 2.12 bits per heavy atom. The molecule has 0 saturated carbocycles. The molecule has 0 saturated heterocycles. The van der Waals surface area contributed by atoms with Gasteiger partial charge in [0.25, 0.3) is 5.91 Å². The minimum absolute atomic E-state index is 0.115. The van der Waals surface area contributed by atoms with E-state index in [0.29, 0.717) is 5.69 Å². The van der Waals surface area contributed by atoms with Crippen LogP contribution in [0.1, 0.15) is 29.9 Å². The van der Waals surface area contributed by atoms with E-state index < -0.39 is 0 Å². The molecule has 0 fully saturated rings. The third kappa shape index (κ3) is 3.65. The number of aromatic nitrogens is 2. The fourth-order valence-electron chi connectivity index (χ4n) is 2.30. The Morgan fingerprint density at radius 1 is 1.29 bits per heavy atom. The molecule has 2 N–H and O–H groups in total. The van der Waals surface area contributed by atoms with E-state index in [9.17, 15) is 4.79 Å². The monoisotopic (exact) mass is 341 g/mol. The zero-order chi connectivity index (χ0) is 17.1. The van der Waals surface area contributed by atoms with Crippen LogP contribution in [0.15, 0.2) is 41.8 Å². The number of nitrogens with one attached hydrogen (secondary N) is 2. The summed E-state index contributed by atoms with van der Waals surface area (Å²) in [5.74, 6) is 0.551. The van der Waals surface area contributed by atoms with Crippen LogP contribution in [-0.4, -0.2) is 22.2 Å². The van der Waals surface area contributed by atoms with Crippen molar-refractivity contribution in [1.82, 2.24) is 10.2 Å². The van der Waals surface area contributed by atoms with Crippen molar-refractivity contribution in [2.45, 2.75) is 26.9 Å². The lowest BCUT2D eigenvalue weighted by Crippen LogP contribution is -2.13. The van der Waals surface area contributed by atoms with Gasteiger partial charge >= 0.3 is 0 Å². The van der Waals surface area contributed by atoms with Crippen LogP contribution in [0.3, 0.4) is 0 Å². The molecule has 1 amide bonds. The topological polar surface area (TPSA) is 67.0 Å². The van der Waals surface area contributed by atoms with E-state index in [4.69, 9.17) is 4.74 Å². The maximum atomic E-state index is 12.4. The summed E-state index contributed by atoms with van der Waals surface area (Å²) in [6, 6.07) is 11.3. The molecule has 1 aromatic carbocycles. The van der Waals surface area contributed by atoms with Crippen LogP contribution >= 0.6 is 11.3 Å². The highest BCUT2D eigenvalue weighted by Crippen LogP contribution is 2.25. The summed E-state index contributed by atoms with van der Waals surface area (Å²) in [4.78, 5) is 13.4. The van der Waals surface area contributed by atoms with Crippen molar-refractivity contribution >= 4 is 22.9 Å². The molecule has 5 nitrogen and oxygen atoms in total. The van der Waals surface area contributed by atoms with E-state index in [1.807, 2.05) is 56.5 Å². The molecule has 0 bridgehead atoms. The molecule has 0 spiro atoms. The quantitative estimate of drug-likeness (QED) is 0.719. The number of anilines is 1. The molecule has 3 rings (SSSR count). The Kier molecular flexibility index (Phi) is 4.66. The van der Waals surface area contributed by atoms with Gasteiger partial charge in [0.1, 0.15) is 5.75 Å². The highest BCUT2D eigenvalue weighted by atomic mass is 32.1. The number of nitrogens with zero attached hydrogens (tertiary/aromatic N) is 1. The lowest BCUT2D eigenvalue weighted by atomic mass is 10.2. The van der Waals surface area contributed by atoms with Crippen molar-refractivity contribution in [3.8, 4) is 16.3 Å². The molecular weight excluding hydrogens is 322 g/mol. The summed E-state index contributed by atoms with van der Waals surface area (Å²) in [5.41, 5.74) is 2.89. The van der Waals surface area contributed by atoms with Gasteiger partial charge in [-0.25, -0.2) is 0 Å². The average Bonchev–Trinajstić information content (AvgIpc) is 3.19. The van der Waals surface area contributed by atoms with Crippen LogP contribution in [0, 0.1) is 6.92 Å². The van der Waals surface area contributed by atoms with Crippen LogP contribution in [0.2, 0.25) is 0 Å². The summed E-state index contributed by atoms with van der Waals surface area (Å²) in [6.07, 6.45) is 0.115. The van der Waals surface area contributed by atoms with Gasteiger partial charge in [0.2, 0.25) is 0 Å². The van der Waals surface area contributed by atoms with E-state index in [0.717, 1.165) is 27.6 Å². The minimum Gasteiger partial charge on any atom is -0.491 e. The standard InChI is InChI=1S/C18H19N3O2S/c1-11(2)23-13-6-7-14(12(3)9-13)19-18(22)16-10-15(20-21-16)17-5-4-8-24-17/h4-11H,1-3H3,(H,19,22)(H,20,21). The van der Waals surface area contributed by atoms with E-state index in [-0.39, 0.29) is 12.0 Å². The third-order valence-corrected chi connectivity index (χ3v) is 4.32. The van der Waals surface area contributed by atoms with Crippen LogP contribution < -0.4 is 10.1 Å². The smallest absolute Gasteiger partial charge is 0.276 e. The van der Waals surface area contributed by atoms with E-state index in [2.05, 4.69) is 15.5 Å². The van der Waals surface area contributed by atoms with Crippen LogP contribution in [0.5, 0.6) is 5.75 Å². The van der Waals surface area contributed by atoms with Crippen molar-refractivity contribution in [1.29, 1.82) is 0 Å². The molecule has 0 aliphatic heterocycles. The Labute approximate surface area is 144 Å². The lowest BCUT2D eigenvalue weighted by molar-refractivity contribution is 0.102. The number of benzene rings is 1. The summed E-state index contributed by atoms with van der Waals surface area (Å²) < 4.78 is 5.66. The number of aryl methyl sites for hydroxylation is 1. The molecule has 0 aliphatic carbocycles. The largest absolute Gasteiger partial charge is 0.491 e. The first-order valence-corrected chi connectivity index (χ1v) is 8.59. The van der Waals surface area contributed by atoms with Gasteiger partial charge in [-0.3, -0.25) is 9.89 Å². The number of H-pyrrole nitrogens is 1. The summed E-state index contributed by atoms with van der Waals surface area (Å²) in [6.45, 7) is 5.89. The number of hydrogen-bond donors (Lipinski definition) is 2. The molecular formula is C18H19N3O2S. The molecule has 0 radical (unpaired) electrons. The van der Waals surface area contributed by atoms with Gasteiger partial charge in [0, 0.05) is 5.69 Å². The van der Waals surface area contributed by atoms with Crippen molar-refractivity contribution in [3.05, 3.63) is 53.0 Å². The van der Waals surface area contributed by atoms with Crippen LogP contribution in [-0.2, 0) is 0 Å². The van der Waals surface area contributed by atoms with Gasteiger partial charge in [-0.05, 0) is 62.0 Å². The summed E-state index contributed by atoms with van der Waals surface area (Å²) in [7, 11) is 0. The zero-order valence-corrected chi connectivity index (χ0v) is 14.6. The molecule has 2 aromatic heterocycles. The predicted octanol–water partition coefficient (Wildman–Crippen LogP) is 4.49. The molecule has 2 heterocycles. The first kappa shape index (κ1) is 16.3. The number of carbonyl (C=O) groups excluding carboxylic acids is 1. The van der Waals surface area contributed by atoms with Gasteiger partial charge < -0.3 is 10.1 Å². The zero-order valence-electron chi connectivity index (χ0n) is 13.8. The van der Waals surface area contributed by atoms with Crippen molar-refractivity contribution in [2.75, 3.05) is 5.32 Å². The summed E-state index contributed by atoms with van der Waals surface area (Å²) in [5, 5.41) is 11.9. The number of rotatable bonds is 5. The molecule has 124 valence electrons. The first-order valence-electron chi connectivity index (χ1n) is 7.71. The molecule has 6 heteroatoms. The van der Waals surface area contributed by atoms with Crippen molar-refractivity contribution in [3.63, 3.8) is 0 Å². The van der Waals surface area contributed by atoms with Crippen LogP contribution in [0.4, 0.5) is 5.69 Å². The molecule has 3 aromatic rings. The number of thiophene rings is 1. The second-order valence-corrected chi connectivity index (χ2v) is 6.69. The van der Waals surface area contributed by atoms with Crippen molar-refractivity contribution < 1.29 is 9.53 Å².